The molecule has 0 amide bonds. The maximum Gasteiger partial charge on any atom is 0.341 e. The molecule has 0 aliphatic rings. The molecule has 2 aromatic heterocycles. The number of aromatic hydroxyl groups is 1. The third kappa shape index (κ3) is 12.5. The van der Waals surface area contributed by atoms with Crippen molar-refractivity contribution in [3.63, 3.8) is 0 Å². The van der Waals surface area contributed by atoms with Crippen molar-refractivity contribution in [3.8, 4) is 28.6 Å². The van der Waals surface area contributed by atoms with Crippen molar-refractivity contribution >= 4 is 110 Å². The molecule has 2 heterocycles. The molecule has 0 saturated heterocycles. The molecule has 10 aromatic carbocycles. The van der Waals surface area contributed by atoms with Gasteiger partial charge in [-0.15, -0.1) is 24.0 Å². The first kappa shape index (κ1) is 61.5. The predicted octanol–water partition coefficient (Wildman–Crippen LogP) is 12.5. The standard InChI is InChI=1S/C37H31NO3Si.C29H24BrNSi.C8H8O3.HI/c1-28-35(41-34-26-16-15-25-33(34)37(39)40-2)27-36(38(28)29-17-7-3-8-18-29)42(30-19-9-4-10-20-30,31-21-11-5-12-22-31)32-23-13-6-14-24-32;1-23-28(30)22-29(31(23)24-14-6-2-7-15-24)32(25-16-8-3-9-17-25,26-18-10-4-11-19-26)27-20-12-5-13-21-27;1-11-8(10)6-4-2-3-5-7(6)9;/h3-27H,1-2H3;2-22H,1H3;2-5,9H,1H3;1H. The van der Waals surface area contributed by atoms with Crippen LogP contribution < -0.4 is 46.5 Å². The fraction of sp³-hybridized carbons (Fsp3) is 0.0541. The lowest BCUT2D eigenvalue weighted by Crippen LogP contribution is -2.76. The number of ether oxygens (including phenoxy) is 3. The number of nitrogens with zero attached hydrogens (tertiary/aromatic N) is 2. The monoisotopic (exact) mass is 1340 g/mol. The van der Waals surface area contributed by atoms with Gasteiger partial charge in [0.1, 0.15) is 28.4 Å². The zero-order valence-corrected chi connectivity index (χ0v) is 54.0. The Bertz CT molecular complexity index is 3950. The quantitative estimate of drug-likeness (QED) is 0.0505. The first-order valence-electron chi connectivity index (χ1n) is 27.9. The lowest BCUT2D eigenvalue weighted by atomic mass is 10.2. The van der Waals surface area contributed by atoms with Crippen LogP contribution in [-0.4, -0.2) is 56.5 Å². The highest BCUT2D eigenvalue weighted by Gasteiger charge is 2.46. The van der Waals surface area contributed by atoms with Gasteiger partial charge in [-0.25, -0.2) is 9.59 Å². The highest BCUT2D eigenvalue weighted by molar-refractivity contribution is 14.0. The van der Waals surface area contributed by atoms with Crippen molar-refractivity contribution in [2.45, 2.75) is 13.8 Å². The summed E-state index contributed by atoms with van der Waals surface area (Å²) in [5, 5.41) is 19.5. The zero-order valence-electron chi connectivity index (χ0n) is 48.0. The number of para-hydroxylation sites is 4. The number of halogens is 2. The Morgan fingerprint density at radius 1 is 0.372 bits per heavy atom. The van der Waals surface area contributed by atoms with Crippen LogP contribution in [0.3, 0.4) is 0 Å². The third-order valence-corrected chi connectivity index (χ3v) is 25.5. The van der Waals surface area contributed by atoms with Crippen LogP contribution >= 0.6 is 39.9 Å². The second-order valence-corrected chi connectivity index (χ2v) is 28.4. The van der Waals surface area contributed by atoms with Crippen LogP contribution in [-0.2, 0) is 9.47 Å². The van der Waals surface area contributed by atoms with Crippen LogP contribution in [0.5, 0.6) is 17.2 Å². The molecule has 12 heteroatoms. The molecule has 0 unspecified atom stereocenters. The summed E-state index contributed by atoms with van der Waals surface area (Å²) in [4.78, 5) is 23.5. The Morgan fingerprint density at radius 3 is 1.02 bits per heavy atom. The van der Waals surface area contributed by atoms with Gasteiger partial charge in [0.25, 0.3) is 0 Å². The van der Waals surface area contributed by atoms with Gasteiger partial charge in [0.05, 0.1) is 19.9 Å². The molecular formula is C74H64BrIN2O6Si2. The van der Waals surface area contributed by atoms with E-state index in [1.54, 1.807) is 18.2 Å². The molecule has 0 aliphatic heterocycles. The molecule has 0 bridgehead atoms. The maximum absolute atomic E-state index is 12.6. The normalized spacial score (nSPS) is 10.9. The summed E-state index contributed by atoms with van der Waals surface area (Å²) < 4.78 is 22.0. The van der Waals surface area contributed by atoms with Crippen molar-refractivity contribution in [3.05, 3.63) is 330 Å². The first-order chi connectivity index (χ1) is 41.6. The Kier molecular flexibility index (Phi) is 20.5. The van der Waals surface area contributed by atoms with E-state index < -0.39 is 28.1 Å². The highest BCUT2D eigenvalue weighted by atomic mass is 127. The van der Waals surface area contributed by atoms with Crippen LogP contribution in [0.15, 0.2) is 308 Å². The maximum atomic E-state index is 12.6. The van der Waals surface area contributed by atoms with E-state index in [-0.39, 0.29) is 35.3 Å². The molecule has 0 spiro atoms. The molecule has 0 aliphatic carbocycles. The first-order valence-corrected chi connectivity index (χ1v) is 32.7. The average Bonchev–Trinajstić information content (AvgIpc) is 1.41. The van der Waals surface area contributed by atoms with Gasteiger partial charge in [0.2, 0.25) is 0 Å². The van der Waals surface area contributed by atoms with Crippen LogP contribution in [0.1, 0.15) is 32.1 Å². The van der Waals surface area contributed by atoms with Gasteiger partial charge in [0.15, 0.2) is 16.1 Å². The Labute approximate surface area is 530 Å². The SMILES string of the molecule is COC(=O)c1ccccc1O.COC(=O)c1ccccc1Oc1cc([Si](c2ccccc2)(c2ccccc2)c2ccccc2)n(-c2ccccc2)c1C.Cc1c(Br)cc([Si](c2ccccc2)(c2ccccc2)c2ccccc2)n1-c1ccccc1.I. The fourth-order valence-corrected chi connectivity index (χ4v) is 21.9. The minimum atomic E-state index is -2.91. The van der Waals surface area contributed by atoms with E-state index >= 15 is 0 Å². The van der Waals surface area contributed by atoms with E-state index in [4.69, 9.17) is 14.6 Å². The molecule has 12 rings (SSSR count). The van der Waals surface area contributed by atoms with Gasteiger partial charge in [-0.1, -0.05) is 243 Å². The predicted molar refractivity (Wildman–Crippen MR) is 369 cm³/mol. The summed E-state index contributed by atoms with van der Waals surface area (Å²) in [6.07, 6.45) is 0. The number of hydrogen-bond donors (Lipinski definition) is 1. The number of methoxy groups -OCH3 is 2. The topological polar surface area (TPSA) is 91.9 Å². The van der Waals surface area contributed by atoms with Gasteiger partial charge >= 0.3 is 11.9 Å². The van der Waals surface area contributed by atoms with Gasteiger partial charge < -0.3 is 28.5 Å². The summed E-state index contributed by atoms with van der Waals surface area (Å²) in [5.41, 5.74) is 4.95. The van der Waals surface area contributed by atoms with E-state index in [2.05, 4.69) is 292 Å². The zero-order chi connectivity index (χ0) is 59.2. The van der Waals surface area contributed by atoms with E-state index in [0.29, 0.717) is 17.1 Å². The van der Waals surface area contributed by atoms with Crippen molar-refractivity contribution in [2.24, 2.45) is 0 Å². The van der Waals surface area contributed by atoms with Crippen molar-refractivity contribution < 1.29 is 28.9 Å². The van der Waals surface area contributed by atoms with Crippen molar-refractivity contribution in [1.82, 2.24) is 9.13 Å². The van der Waals surface area contributed by atoms with Crippen molar-refractivity contribution in [2.75, 3.05) is 14.2 Å². The minimum Gasteiger partial charge on any atom is -0.507 e. The Hall–Kier alpha value is -9.06. The van der Waals surface area contributed by atoms with Gasteiger partial charge in [-0.2, -0.15) is 0 Å². The molecule has 0 saturated carbocycles. The van der Waals surface area contributed by atoms with E-state index in [1.807, 2.05) is 24.3 Å². The molecule has 8 nitrogen and oxygen atoms in total. The van der Waals surface area contributed by atoms with E-state index in [1.165, 1.54) is 74.2 Å². The number of aromatic nitrogens is 2. The Balaban J connectivity index is 0.000000177. The van der Waals surface area contributed by atoms with Crippen LogP contribution in [0.4, 0.5) is 0 Å². The molecule has 86 heavy (non-hydrogen) atoms. The number of phenols is 1. The van der Waals surface area contributed by atoms with Crippen LogP contribution in [0, 0.1) is 13.8 Å². The fourth-order valence-electron chi connectivity index (χ4n) is 11.4. The van der Waals surface area contributed by atoms with Crippen LogP contribution in [0.25, 0.3) is 11.4 Å². The molecule has 0 fully saturated rings. The number of benzene rings is 10. The highest BCUT2D eigenvalue weighted by Crippen LogP contribution is 2.32. The van der Waals surface area contributed by atoms with Gasteiger partial charge in [0, 0.05) is 32.2 Å². The number of carbonyl (C=O) groups is 2. The number of esters is 2. The lowest BCUT2D eigenvalue weighted by molar-refractivity contribution is 0.0588. The molecule has 428 valence electrons. The second kappa shape index (κ2) is 28.7. The number of rotatable bonds is 14. The summed E-state index contributed by atoms with van der Waals surface area (Å²) >= 11 is 3.88. The van der Waals surface area contributed by atoms with Gasteiger partial charge in [-0.05, 0) is 122 Å². The number of phenolic OH excluding ortho intramolecular Hbond substituents is 1. The van der Waals surface area contributed by atoms with Gasteiger partial charge in [-0.3, -0.25) is 0 Å². The average molecular weight is 1340 g/mol. The summed E-state index contributed by atoms with van der Waals surface area (Å²) in [6, 6.07) is 105. The third-order valence-electron chi connectivity index (χ3n) is 15.2. The number of hydrogen-bond acceptors (Lipinski definition) is 6. The molecular weight excluding hydrogens is 1280 g/mol. The molecule has 1 N–H and O–H groups in total. The smallest absolute Gasteiger partial charge is 0.341 e. The van der Waals surface area contributed by atoms with E-state index in [9.17, 15) is 9.59 Å². The molecule has 0 atom stereocenters. The van der Waals surface area contributed by atoms with Crippen LogP contribution in [0.2, 0.25) is 0 Å². The second-order valence-electron chi connectivity index (χ2n) is 20.1. The molecule has 0 radical (unpaired) electrons. The summed E-state index contributed by atoms with van der Waals surface area (Å²) in [6.45, 7) is 4.27. The van der Waals surface area contributed by atoms with E-state index in [0.717, 1.165) is 21.2 Å². The minimum absolute atomic E-state index is 0. The van der Waals surface area contributed by atoms with Crippen molar-refractivity contribution in [1.29, 1.82) is 0 Å². The summed E-state index contributed by atoms with van der Waals surface area (Å²) in [5.74, 6) is 0.121. The Morgan fingerprint density at radius 2 is 0.663 bits per heavy atom. The lowest BCUT2D eigenvalue weighted by Gasteiger charge is -2.35. The number of carbonyl (C=O) groups excluding carboxylic acids is 2. The molecule has 12 aromatic rings. The largest absolute Gasteiger partial charge is 0.507 e. The summed E-state index contributed by atoms with van der Waals surface area (Å²) in [7, 11) is -2.86.